The molecule has 0 radical (unpaired) electrons. The number of fused-ring (bicyclic) bond motifs is 1. The number of benzene rings is 1. The maximum Gasteiger partial charge on any atom is 0.335 e. The van der Waals surface area contributed by atoms with Crippen molar-refractivity contribution in [3.8, 4) is 0 Å². The van der Waals surface area contributed by atoms with Gasteiger partial charge in [-0.3, -0.25) is 4.79 Å². The van der Waals surface area contributed by atoms with Crippen LogP contribution in [0.1, 0.15) is 17.3 Å². The zero-order chi connectivity index (χ0) is 13.3. The van der Waals surface area contributed by atoms with Crippen LogP contribution >= 0.6 is 0 Å². The average molecular weight is 249 g/mol. The number of nitrogens with two attached hydrogens (primary N) is 1. The molecule has 6 nitrogen and oxygen atoms in total. The number of nitrogens with zero attached hydrogens (tertiary/aromatic N) is 1. The van der Waals surface area contributed by atoms with Gasteiger partial charge in [-0.25, -0.2) is 4.79 Å². The van der Waals surface area contributed by atoms with Crippen LogP contribution in [0.4, 0.5) is 11.4 Å². The molecule has 0 aliphatic carbocycles. The van der Waals surface area contributed by atoms with Crippen molar-refractivity contribution in [1.82, 2.24) is 0 Å². The Bertz CT molecular complexity index is 501. The summed E-state index contributed by atoms with van der Waals surface area (Å²) in [5.41, 5.74) is 7.13. The topological polar surface area (TPSA) is 95.7 Å². The van der Waals surface area contributed by atoms with Gasteiger partial charge in [0, 0.05) is 12.6 Å². The fraction of sp³-hybridized carbons (Fsp3) is 0.333. The number of rotatable bonds is 3. The molecule has 96 valence electrons. The lowest BCUT2D eigenvalue weighted by Crippen LogP contribution is -2.46. The van der Waals surface area contributed by atoms with Crippen molar-refractivity contribution in [3.05, 3.63) is 23.8 Å². The molecule has 4 N–H and O–H groups in total. The molecule has 6 heteroatoms. The van der Waals surface area contributed by atoms with Crippen LogP contribution in [0.5, 0.6) is 0 Å². The van der Waals surface area contributed by atoms with Crippen molar-refractivity contribution in [1.29, 1.82) is 0 Å². The standard InChI is InChI=1S/C12H15N3O3/c1-7(5-13)15-6-11(16)14-9-3-2-8(12(17)18)4-10(9)15/h2-4,7H,5-6,13H2,1H3,(H,14,16)(H,17,18). The van der Waals surface area contributed by atoms with Gasteiger partial charge in [0.25, 0.3) is 0 Å². The van der Waals surface area contributed by atoms with Gasteiger partial charge < -0.3 is 21.1 Å². The molecule has 18 heavy (non-hydrogen) atoms. The third kappa shape index (κ3) is 2.14. The summed E-state index contributed by atoms with van der Waals surface area (Å²) in [7, 11) is 0. The molecule has 0 saturated carbocycles. The van der Waals surface area contributed by atoms with E-state index in [9.17, 15) is 9.59 Å². The van der Waals surface area contributed by atoms with Gasteiger partial charge in [-0.2, -0.15) is 0 Å². The maximum absolute atomic E-state index is 11.6. The Kier molecular flexibility index (Phi) is 3.20. The normalized spacial score (nSPS) is 15.9. The van der Waals surface area contributed by atoms with Crippen molar-refractivity contribution < 1.29 is 14.7 Å². The second-order valence-corrected chi connectivity index (χ2v) is 4.30. The van der Waals surface area contributed by atoms with Crippen LogP contribution in [-0.2, 0) is 4.79 Å². The number of carboxylic acids is 1. The summed E-state index contributed by atoms with van der Waals surface area (Å²) in [4.78, 5) is 24.4. The molecule has 0 fully saturated rings. The number of carbonyl (C=O) groups excluding carboxylic acids is 1. The summed E-state index contributed by atoms with van der Waals surface area (Å²) in [5, 5.41) is 11.7. The zero-order valence-corrected chi connectivity index (χ0v) is 10.0. The fourth-order valence-corrected chi connectivity index (χ4v) is 1.96. The Morgan fingerprint density at radius 2 is 2.33 bits per heavy atom. The first-order valence-corrected chi connectivity index (χ1v) is 5.67. The maximum atomic E-state index is 11.6. The van der Waals surface area contributed by atoms with Gasteiger partial charge in [0.15, 0.2) is 0 Å². The van der Waals surface area contributed by atoms with E-state index >= 15 is 0 Å². The second kappa shape index (κ2) is 4.66. The van der Waals surface area contributed by atoms with Gasteiger partial charge in [0.2, 0.25) is 5.91 Å². The Balaban J connectivity index is 2.47. The third-order valence-corrected chi connectivity index (χ3v) is 3.02. The molecule has 0 bridgehead atoms. The molecule has 1 aliphatic rings. The summed E-state index contributed by atoms with van der Waals surface area (Å²) in [6.07, 6.45) is 0. The highest BCUT2D eigenvalue weighted by atomic mass is 16.4. The van der Waals surface area contributed by atoms with Gasteiger partial charge in [-0.05, 0) is 25.1 Å². The molecule has 1 aliphatic heterocycles. The highest BCUT2D eigenvalue weighted by Crippen LogP contribution is 2.31. The summed E-state index contributed by atoms with van der Waals surface area (Å²) >= 11 is 0. The van der Waals surface area contributed by atoms with E-state index in [0.29, 0.717) is 17.9 Å². The van der Waals surface area contributed by atoms with E-state index in [1.54, 1.807) is 12.1 Å². The molecule has 1 amide bonds. The predicted molar refractivity (Wildman–Crippen MR) is 67.9 cm³/mol. The number of hydrogen-bond acceptors (Lipinski definition) is 4. The minimum atomic E-state index is -0.991. The SMILES string of the molecule is CC(CN)N1CC(=O)Nc2ccc(C(=O)O)cc21. The van der Waals surface area contributed by atoms with E-state index < -0.39 is 5.97 Å². The molecule has 1 heterocycles. The molecule has 0 aromatic heterocycles. The van der Waals surface area contributed by atoms with Crippen molar-refractivity contribution in [3.63, 3.8) is 0 Å². The number of amides is 1. The fourth-order valence-electron chi connectivity index (χ4n) is 1.96. The van der Waals surface area contributed by atoms with Crippen molar-refractivity contribution in [2.24, 2.45) is 5.73 Å². The van der Waals surface area contributed by atoms with Crippen LogP contribution in [0.3, 0.4) is 0 Å². The quantitative estimate of drug-likeness (QED) is 0.724. The molecule has 1 aromatic rings. The number of nitrogens with one attached hydrogen (secondary N) is 1. The van der Waals surface area contributed by atoms with Crippen LogP contribution in [-0.4, -0.2) is 36.1 Å². The summed E-state index contributed by atoms with van der Waals surface area (Å²) in [6.45, 7) is 2.48. The van der Waals surface area contributed by atoms with Crippen molar-refractivity contribution in [2.75, 3.05) is 23.3 Å². The predicted octanol–water partition coefficient (Wildman–Crippen LogP) is 0.491. The van der Waals surface area contributed by atoms with Gasteiger partial charge >= 0.3 is 5.97 Å². The van der Waals surface area contributed by atoms with E-state index in [1.807, 2.05) is 11.8 Å². The molecule has 1 unspecified atom stereocenters. The first-order valence-electron chi connectivity index (χ1n) is 5.67. The summed E-state index contributed by atoms with van der Waals surface area (Å²) < 4.78 is 0. The van der Waals surface area contributed by atoms with Gasteiger partial charge in [-0.1, -0.05) is 0 Å². The summed E-state index contributed by atoms with van der Waals surface area (Å²) in [6, 6.07) is 4.60. The average Bonchev–Trinajstić information content (AvgIpc) is 2.36. The number of carbonyl (C=O) groups is 2. The minimum Gasteiger partial charge on any atom is -0.478 e. The van der Waals surface area contributed by atoms with Gasteiger partial charge in [0.1, 0.15) is 0 Å². The number of hydrogen-bond donors (Lipinski definition) is 3. The van der Waals surface area contributed by atoms with Crippen LogP contribution in [0.2, 0.25) is 0 Å². The molecular weight excluding hydrogens is 234 g/mol. The van der Waals surface area contributed by atoms with Crippen LogP contribution < -0.4 is 16.0 Å². The van der Waals surface area contributed by atoms with E-state index in [0.717, 1.165) is 0 Å². The highest BCUT2D eigenvalue weighted by Gasteiger charge is 2.25. The monoisotopic (exact) mass is 249 g/mol. The molecule has 2 rings (SSSR count). The molecule has 0 saturated heterocycles. The minimum absolute atomic E-state index is 0.0288. The van der Waals surface area contributed by atoms with E-state index in [-0.39, 0.29) is 24.1 Å². The molecule has 1 atom stereocenters. The molecule has 1 aromatic carbocycles. The van der Waals surface area contributed by atoms with Crippen molar-refractivity contribution in [2.45, 2.75) is 13.0 Å². The Hall–Kier alpha value is -2.08. The molecule has 0 spiro atoms. The lowest BCUT2D eigenvalue weighted by molar-refractivity contribution is -0.115. The van der Waals surface area contributed by atoms with Crippen LogP contribution in [0, 0.1) is 0 Å². The van der Waals surface area contributed by atoms with Crippen molar-refractivity contribution >= 4 is 23.3 Å². The zero-order valence-electron chi connectivity index (χ0n) is 10.0. The Morgan fingerprint density at radius 1 is 1.61 bits per heavy atom. The smallest absolute Gasteiger partial charge is 0.335 e. The van der Waals surface area contributed by atoms with Gasteiger partial charge in [0.05, 0.1) is 23.5 Å². The second-order valence-electron chi connectivity index (χ2n) is 4.30. The van der Waals surface area contributed by atoms with E-state index in [1.165, 1.54) is 6.07 Å². The lowest BCUT2D eigenvalue weighted by Gasteiger charge is -2.35. The summed E-state index contributed by atoms with van der Waals surface area (Å²) in [5.74, 6) is -1.11. The Labute approximate surface area is 104 Å². The van der Waals surface area contributed by atoms with E-state index in [2.05, 4.69) is 5.32 Å². The van der Waals surface area contributed by atoms with Crippen LogP contribution in [0.15, 0.2) is 18.2 Å². The third-order valence-electron chi connectivity index (χ3n) is 3.02. The molecular formula is C12H15N3O3. The lowest BCUT2D eigenvalue weighted by atomic mass is 10.1. The first kappa shape index (κ1) is 12.4. The Morgan fingerprint density at radius 3 is 2.94 bits per heavy atom. The largest absolute Gasteiger partial charge is 0.478 e. The van der Waals surface area contributed by atoms with Gasteiger partial charge in [-0.15, -0.1) is 0 Å². The first-order chi connectivity index (χ1) is 8.52. The van der Waals surface area contributed by atoms with Crippen LogP contribution in [0.25, 0.3) is 0 Å². The number of anilines is 2. The highest BCUT2D eigenvalue weighted by molar-refractivity contribution is 6.02. The number of carboxylic acid groups (broad SMARTS) is 1. The number of aromatic carboxylic acids is 1. The van der Waals surface area contributed by atoms with E-state index in [4.69, 9.17) is 10.8 Å².